The second-order valence-electron chi connectivity index (χ2n) is 8.44. The molecule has 8 heteroatoms. The van der Waals surface area contributed by atoms with Gasteiger partial charge in [-0.15, -0.1) is 0 Å². The highest BCUT2D eigenvalue weighted by Crippen LogP contribution is 2.31. The Morgan fingerprint density at radius 1 is 0.944 bits per heavy atom. The highest BCUT2D eigenvalue weighted by molar-refractivity contribution is 5.94. The molecule has 3 aromatic carbocycles. The molecule has 0 amide bonds. The highest BCUT2D eigenvalue weighted by atomic mass is 16.6. The van der Waals surface area contributed by atoms with Crippen LogP contribution in [-0.4, -0.2) is 41.0 Å². The van der Waals surface area contributed by atoms with E-state index in [0.29, 0.717) is 42.8 Å². The van der Waals surface area contributed by atoms with E-state index in [1.54, 1.807) is 36.4 Å². The van der Waals surface area contributed by atoms with Gasteiger partial charge in [-0.25, -0.2) is 0 Å². The molecule has 0 unspecified atom stereocenters. The summed E-state index contributed by atoms with van der Waals surface area (Å²) in [6.45, 7) is 10.2. The minimum absolute atomic E-state index is 0.116. The van der Waals surface area contributed by atoms with Crippen LogP contribution in [0.5, 0.6) is 0 Å². The quantitative estimate of drug-likeness (QED) is 0.282. The highest BCUT2D eigenvalue weighted by Gasteiger charge is 2.23. The maximum Gasteiger partial charge on any atom is 0.295 e. The van der Waals surface area contributed by atoms with Crippen LogP contribution in [0.25, 0.3) is 39.9 Å². The van der Waals surface area contributed by atoms with E-state index < -0.39 is 10.5 Å². The van der Waals surface area contributed by atoms with Gasteiger partial charge in [0, 0.05) is 35.8 Å². The number of nitro benzene ring substituents is 1. The molecule has 4 aromatic rings. The fourth-order valence-corrected chi connectivity index (χ4v) is 4.47. The van der Waals surface area contributed by atoms with Gasteiger partial charge >= 0.3 is 0 Å². The molecule has 0 N–H and O–H groups in total. The van der Waals surface area contributed by atoms with Crippen molar-refractivity contribution in [1.82, 2.24) is 9.78 Å². The van der Waals surface area contributed by atoms with Crippen LogP contribution >= 0.6 is 0 Å². The number of benzene rings is 3. The molecular formula is C28H24N4O4. The van der Waals surface area contributed by atoms with Gasteiger partial charge in [-0.1, -0.05) is 43.5 Å². The lowest BCUT2D eigenvalue weighted by atomic mass is 10.00. The Labute approximate surface area is 207 Å². The zero-order valence-electron chi connectivity index (χ0n) is 19.6. The molecule has 180 valence electrons. The first-order valence-corrected chi connectivity index (χ1v) is 11.5. The molecule has 5 rings (SSSR count). The number of nitrogens with zero attached hydrogens (tertiary/aromatic N) is 4. The SMILES string of the molecule is C=Cc1cc(C=C)cc(-c2nn(-c3cc(N4CCOCC4)ccc3[N+](=O)[O-])c(=O)c3ccccc23)c1. The molecule has 0 radical (unpaired) electrons. The standard InChI is InChI=1S/C28H24N4O4/c1-3-19-15-20(4-2)17-21(16-19)27-23-7-5-6-8-24(23)28(33)31(29-27)26-18-22(9-10-25(26)32(34)35)30-11-13-36-14-12-30/h3-10,15-18H,1-2,11-14H2. The molecule has 0 aliphatic carbocycles. The summed E-state index contributed by atoms with van der Waals surface area (Å²) in [5.74, 6) is 0. The minimum atomic E-state index is -0.491. The van der Waals surface area contributed by atoms with E-state index in [0.717, 1.165) is 27.1 Å². The molecule has 1 aliphatic heterocycles. The molecule has 1 fully saturated rings. The van der Waals surface area contributed by atoms with Crippen LogP contribution < -0.4 is 10.5 Å². The van der Waals surface area contributed by atoms with Crippen molar-refractivity contribution >= 4 is 34.3 Å². The number of ether oxygens (including phenoxy) is 1. The number of aromatic nitrogens is 2. The van der Waals surface area contributed by atoms with Gasteiger partial charge < -0.3 is 9.64 Å². The normalized spacial score (nSPS) is 13.5. The van der Waals surface area contributed by atoms with E-state index >= 15 is 0 Å². The Bertz CT molecular complexity index is 1540. The Balaban J connectivity index is 1.80. The lowest BCUT2D eigenvalue weighted by molar-refractivity contribution is -0.384. The largest absolute Gasteiger partial charge is 0.378 e. The third kappa shape index (κ3) is 4.18. The van der Waals surface area contributed by atoms with Gasteiger partial charge in [-0.2, -0.15) is 9.78 Å². The monoisotopic (exact) mass is 480 g/mol. The fourth-order valence-electron chi connectivity index (χ4n) is 4.47. The first-order chi connectivity index (χ1) is 17.5. The lowest BCUT2D eigenvalue weighted by Gasteiger charge is -2.29. The van der Waals surface area contributed by atoms with Gasteiger partial charge in [0.1, 0.15) is 5.69 Å². The van der Waals surface area contributed by atoms with Crippen molar-refractivity contribution in [2.45, 2.75) is 0 Å². The number of rotatable bonds is 6. The molecule has 1 aliphatic rings. The molecule has 1 aromatic heterocycles. The van der Waals surface area contributed by atoms with E-state index in [1.807, 2.05) is 30.3 Å². The van der Waals surface area contributed by atoms with Gasteiger partial charge in [0.2, 0.25) is 0 Å². The van der Waals surface area contributed by atoms with Crippen molar-refractivity contribution in [3.05, 3.63) is 105 Å². The van der Waals surface area contributed by atoms with Crippen molar-refractivity contribution in [3.8, 4) is 16.9 Å². The van der Waals surface area contributed by atoms with E-state index in [-0.39, 0.29) is 11.4 Å². The summed E-state index contributed by atoms with van der Waals surface area (Å²) < 4.78 is 6.58. The average molecular weight is 481 g/mol. The summed E-state index contributed by atoms with van der Waals surface area (Å²) in [6.07, 6.45) is 3.46. The fraction of sp³-hybridized carbons (Fsp3) is 0.143. The second kappa shape index (κ2) is 9.59. The number of hydrogen-bond acceptors (Lipinski definition) is 6. The summed E-state index contributed by atoms with van der Waals surface area (Å²) >= 11 is 0. The summed E-state index contributed by atoms with van der Waals surface area (Å²) in [5, 5.41) is 17.8. The topological polar surface area (TPSA) is 90.5 Å². The van der Waals surface area contributed by atoms with Gasteiger partial charge in [-0.3, -0.25) is 14.9 Å². The maximum atomic E-state index is 13.6. The van der Waals surface area contributed by atoms with Gasteiger partial charge in [0.25, 0.3) is 11.2 Å². The average Bonchev–Trinajstić information content (AvgIpc) is 2.93. The lowest BCUT2D eigenvalue weighted by Crippen LogP contribution is -2.36. The Morgan fingerprint density at radius 2 is 1.61 bits per heavy atom. The van der Waals surface area contributed by atoms with E-state index in [4.69, 9.17) is 9.84 Å². The molecule has 0 saturated carbocycles. The van der Waals surface area contributed by atoms with E-state index in [2.05, 4.69) is 18.1 Å². The number of fused-ring (bicyclic) bond motifs is 1. The Morgan fingerprint density at radius 3 is 2.25 bits per heavy atom. The molecule has 0 spiro atoms. The van der Waals surface area contributed by atoms with Crippen molar-refractivity contribution in [1.29, 1.82) is 0 Å². The van der Waals surface area contributed by atoms with Gasteiger partial charge in [0.15, 0.2) is 0 Å². The zero-order valence-corrected chi connectivity index (χ0v) is 19.6. The van der Waals surface area contributed by atoms with Crippen molar-refractivity contribution in [2.24, 2.45) is 0 Å². The summed E-state index contributed by atoms with van der Waals surface area (Å²) in [6, 6.07) is 17.7. The molecule has 1 saturated heterocycles. The van der Waals surface area contributed by atoms with Crippen molar-refractivity contribution < 1.29 is 9.66 Å². The number of nitro groups is 1. The van der Waals surface area contributed by atoms with Crippen molar-refractivity contribution in [3.63, 3.8) is 0 Å². The number of anilines is 1. The van der Waals surface area contributed by atoms with Gasteiger partial charge in [-0.05, 0) is 47.5 Å². The first kappa shape index (κ1) is 23.2. The zero-order chi connectivity index (χ0) is 25.2. The third-order valence-electron chi connectivity index (χ3n) is 6.29. The Hall–Kier alpha value is -4.56. The first-order valence-electron chi connectivity index (χ1n) is 11.5. The van der Waals surface area contributed by atoms with Crippen LogP contribution in [0.3, 0.4) is 0 Å². The smallest absolute Gasteiger partial charge is 0.295 e. The van der Waals surface area contributed by atoms with Gasteiger partial charge in [0.05, 0.1) is 29.2 Å². The van der Waals surface area contributed by atoms with Crippen LogP contribution in [-0.2, 0) is 4.74 Å². The van der Waals surface area contributed by atoms with Crippen LogP contribution in [0.1, 0.15) is 11.1 Å². The predicted octanol–water partition coefficient (Wildman–Crippen LogP) is 5.08. The predicted molar refractivity (Wildman–Crippen MR) is 143 cm³/mol. The summed E-state index contributed by atoms with van der Waals surface area (Å²) in [4.78, 5) is 27.2. The van der Waals surface area contributed by atoms with E-state index in [1.165, 1.54) is 6.07 Å². The minimum Gasteiger partial charge on any atom is -0.378 e. The number of morpholine rings is 1. The Kier molecular flexibility index (Phi) is 6.18. The second-order valence-corrected chi connectivity index (χ2v) is 8.44. The third-order valence-corrected chi connectivity index (χ3v) is 6.29. The summed E-state index contributed by atoms with van der Waals surface area (Å²) in [7, 11) is 0. The molecule has 36 heavy (non-hydrogen) atoms. The van der Waals surface area contributed by atoms with E-state index in [9.17, 15) is 14.9 Å². The van der Waals surface area contributed by atoms with Crippen LogP contribution in [0.2, 0.25) is 0 Å². The molecule has 8 nitrogen and oxygen atoms in total. The van der Waals surface area contributed by atoms with Crippen LogP contribution in [0.4, 0.5) is 11.4 Å². The maximum absolute atomic E-state index is 13.6. The van der Waals surface area contributed by atoms with Crippen LogP contribution in [0.15, 0.2) is 78.6 Å². The summed E-state index contributed by atoms with van der Waals surface area (Å²) in [5.41, 5.74) is 3.27. The number of hydrogen-bond donors (Lipinski definition) is 0. The molecular weight excluding hydrogens is 456 g/mol. The molecule has 2 heterocycles. The molecule has 0 bridgehead atoms. The van der Waals surface area contributed by atoms with Crippen LogP contribution in [0, 0.1) is 10.1 Å². The molecule has 0 atom stereocenters. The van der Waals surface area contributed by atoms with Crippen molar-refractivity contribution in [2.75, 3.05) is 31.2 Å².